The molecule has 2 aromatic heterocycles. The van der Waals surface area contributed by atoms with E-state index in [0.717, 1.165) is 47.7 Å². The predicted octanol–water partition coefficient (Wildman–Crippen LogP) is 3.22. The van der Waals surface area contributed by atoms with Crippen molar-refractivity contribution in [3.8, 4) is 5.75 Å². The Kier molecular flexibility index (Phi) is 8.33. The van der Waals surface area contributed by atoms with E-state index in [2.05, 4.69) is 69.0 Å². The molecule has 3 heterocycles. The minimum absolute atomic E-state index is 0.276. The monoisotopic (exact) mass is 495 g/mol. The van der Waals surface area contributed by atoms with Crippen LogP contribution >= 0.6 is 0 Å². The third-order valence-electron chi connectivity index (χ3n) is 6.67. The first-order valence-corrected chi connectivity index (χ1v) is 13.0. The predicted molar refractivity (Wildman–Crippen MR) is 145 cm³/mol. The summed E-state index contributed by atoms with van der Waals surface area (Å²) in [6.07, 6.45) is 5.45. The number of aromatic nitrogens is 3. The van der Waals surface area contributed by atoms with Gasteiger partial charge in [0.05, 0.1) is 19.2 Å². The molecular weight excluding hydrogens is 454 g/mol. The fourth-order valence-corrected chi connectivity index (χ4v) is 4.82. The quantitative estimate of drug-likeness (QED) is 0.267. The topological polar surface area (TPSA) is 113 Å². The Balaban J connectivity index is 1.46. The van der Waals surface area contributed by atoms with Crippen molar-refractivity contribution < 1.29 is 9.84 Å². The summed E-state index contributed by atoms with van der Waals surface area (Å²) in [6, 6.07) is 8.72. The Morgan fingerprint density at radius 1 is 1.17 bits per heavy atom. The Morgan fingerprint density at radius 2 is 1.97 bits per heavy atom. The molecule has 36 heavy (non-hydrogen) atoms. The first-order chi connectivity index (χ1) is 17.3. The van der Waals surface area contributed by atoms with Crippen molar-refractivity contribution in [3.63, 3.8) is 0 Å². The number of fused-ring (bicyclic) bond motifs is 1. The number of aliphatic hydroxyl groups is 1. The van der Waals surface area contributed by atoms with Crippen LogP contribution in [-0.2, 0) is 13.1 Å². The first kappa shape index (κ1) is 26.2. The van der Waals surface area contributed by atoms with Gasteiger partial charge in [-0.25, -0.2) is 4.98 Å². The van der Waals surface area contributed by atoms with E-state index in [9.17, 15) is 5.11 Å². The van der Waals surface area contributed by atoms with E-state index in [1.54, 1.807) is 7.11 Å². The fourth-order valence-electron chi connectivity index (χ4n) is 4.82. The third kappa shape index (κ3) is 6.27. The number of nitrogens with one attached hydrogen (secondary N) is 2. The lowest BCUT2D eigenvalue weighted by Gasteiger charge is -2.47. The van der Waals surface area contributed by atoms with Crippen molar-refractivity contribution in [3.05, 3.63) is 41.6 Å². The van der Waals surface area contributed by atoms with Gasteiger partial charge < -0.3 is 30.8 Å². The Morgan fingerprint density at radius 3 is 2.69 bits per heavy atom. The number of rotatable bonds is 13. The summed E-state index contributed by atoms with van der Waals surface area (Å²) in [5.41, 5.74) is 9.34. The number of ether oxygens (including phenoxy) is 1. The molecule has 3 aromatic rings. The molecular formula is C27H41N7O2. The normalized spacial score (nSPS) is 15.4. The number of unbranched alkanes of at least 4 members (excludes halogenated alkanes) is 2. The summed E-state index contributed by atoms with van der Waals surface area (Å²) in [6.45, 7) is 10.6. The van der Waals surface area contributed by atoms with E-state index < -0.39 is 5.60 Å². The highest BCUT2D eigenvalue weighted by atomic mass is 16.5. The average Bonchev–Trinajstić information content (AvgIpc) is 3.22. The van der Waals surface area contributed by atoms with Gasteiger partial charge in [-0.3, -0.25) is 4.90 Å². The molecule has 5 N–H and O–H groups in total. The number of methoxy groups -OCH3 is 1. The van der Waals surface area contributed by atoms with Crippen LogP contribution in [0.25, 0.3) is 11.0 Å². The molecule has 9 heteroatoms. The second-order valence-electron chi connectivity index (χ2n) is 10.3. The van der Waals surface area contributed by atoms with Crippen molar-refractivity contribution in [2.24, 2.45) is 0 Å². The SMILES string of the molecule is CCCCCNc1nc(N)nc2ccn(Cc3ccc(CN4CC(O)(CNC(C)C)C4)cc3OC)c12. The molecule has 0 saturated carbocycles. The van der Waals surface area contributed by atoms with Gasteiger partial charge in [0.25, 0.3) is 0 Å². The van der Waals surface area contributed by atoms with Gasteiger partial charge in [0.15, 0.2) is 5.82 Å². The van der Waals surface area contributed by atoms with Gasteiger partial charge in [0, 0.05) is 50.5 Å². The maximum Gasteiger partial charge on any atom is 0.222 e. The van der Waals surface area contributed by atoms with Gasteiger partial charge in [-0.2, -0.15) is 4.98 Å². The zero-order valence-corrected chi connectivity index (χ0v) is 22.0. The Bertz CT molecular complexity index is 1150. The maximum atomic E-state index is 10.6. The van der Waals surface area contributed by atoms with Crippen molar-refractivity contribution in [2.45, 2.75) is 64.8 Å². The lowest BCUT2D eigenvalue weighted by molar-refractivity contribution is -0.0995. The van der Waals surface area contributed by atoms with E-state index in [-0.39, 0.29) is 5.95 Å². The largest absolute Gasteiger partial charge is 0.496 e. The number of hydrogen-bond donors (Lipinski definition) is 4. The van der Waals surface area contributed by atoms with Crippen LogP contribution in [0.2, 0.25) is 0 Å². The number of benzene rings is 1. The number of anilines is 2. The van der Waals surface area contributed by atoms with E-state index in [0.29, 0.717) is 32.2 Å². The highest BCUT2D eigenvalue weighted by Crippen LogP contribution is 2.29. The van der Waals surface area contributed by atoms with Crippen LogP contribution in [0, 0.1) is 0 Å². The maximum absolute atomic E-state index is 10.6. The second-order valence-corrected chi connectivity index (χ2v) is 10.3. The van der Waals surface area contributed by atoms with Crippen LogP contribution in [-0.4, -0.2) is 69.5 Å². The molecule has 0 spiro atoms. The van der Waals surface area contributed by atoms with Crippen LogP contribution in [0.3, 0.4) is 0 Å². The van der Waals surface area contributed by atoms with Crippen molar-refractivity contribution >= 4 is 22.8 Å². The Hall–Kier alpha value is -2.88. The summed E-state index contributed by atoms with van der Waals surface area (Å²) in [4.78, 5) is 11.2. The van der Waals surface area contributed by atoms with Gasteiger partial charge >= 0.3 is 0 Å². The standard InChI is InChI=1S/C27H41N7O2/c1-5-6-7-11-29-25-24-22(31-26(28)32-25)10-12-34(24)15-21-9-8-20(13-23(21)36-4)14-33-17-27(35,18-33)16-30-19(2)3/h8-10,12-13,19,30,35H,5-7,11,14-18H2,1-4H3,(H3,28,29,31,32). The van der Waals surface area contributed by atoms with Crippen LogP contribution in [0.5, 0.6) is 5.75 Å². The molecule has 1 aliphatic rings. The summed E-state index contributed by atoms with van der Waals surface area (Å²) < 4.78 is 7.91. The highest BCUT2D eigenvalue weighted by Gasteiger charge is 2.40. The summed E-state index contributed by atoms with van der Waals surface area (Å²) in [5, 5.41) is 17.4. The molecule has 0 bridgehead atoms. The van der Waals surface area contributed by atoms with E-state index in [1.807, 2.05) is 12.3 Å². The van der Waals surface area contributed by atoms with E-state index in [1.165, 1.54) is 18.4 Å². The molecule has 0 amide bonds. The van der Waals surface area contributed by atoms with Crippen LogP contribution in [0.15, 0.2) is 30.5 Å². The molecule has 0 aliphatic carbocycles. The number of likely N-dealkylation sites (tertiary alicyclic amines) is 1. The summed E-state index contributed by atoms with van der Waals surface area (Å²) in [5.74, 6) is 1.89. The van der Waals surface area contributed by atoms with Crippen molar-refractivity contribution in [1.82, 2.24) is 24.8 Å². The highest BCUT2D eigenvalue weighted by molar-refractivity contribution is 5.87. The zero-order valence-electron chi connectivity index (χ0n) is 22.0. The van der Waals surface area contributed by atoms with Gasteiger partial charge in [-0.05, 0) is 24.1 Å². The number of nitrogen functional groups attached to an aromatic ring is 1. The molecule has 4 rings (SSSR count). The number of β-amino-alcohol motifs (C(OH)–C–C–N with tert-alkyl or cyclic N) is 1. The van der Waals surface area contributed by atoms with E-state index in [4.69, 9.17) is 10.5 Å². The lowest BCUT2D eigenvalue weighted by Crippen LogP contribution is -2.65. The van der Waals surface area contributed by atoms with Crippen LogP contribution < -0.4 is 21.1 Å². The average molecular weight is 496 g/mol. The minimum atomic E-state index is -0.641. The third-order valence-corrected chi connectivity index (χ3v) is 6.67. The molecule has 0 radical (unpaired) electrons. The fraction of sp³-hybridized carbons (Fsp3) is 0.556. The van der Waals surface area contributed by atoms with Crippen LogP contribution in [0.1, 0.15) is 51.2 Å². The molecule has 196 valence electrons. The smallest absolute Gasteiger partial charge is 0.222 e. The summed E-state index contributed by atoms with van der Waals surface area (Å²) in [7, 11) is 1.71. The van der Waals surface area contributed by atoms with Crippen molar-refractivity contribution in [1.29, 1.82) is 0 Å². The van der Waals surface area contributed by atoms with Gasteiger partial charge in [-0.1, -0.05) is 45.7 Å². The zero-order chi connectivity index (χ0) is 25.7. The molecule has 0 unspecified atom stereocenters. The number of hydrogen-bond acceptors (Lipinski definition) is 8. The van der Waals surface area contributed by atoms with Crippen LogP contribution in [0.4, 0.5) is 11.8 Å². The van der Waals surface area contributed by atoms with Crippen molar-refractivity contribution in [2.75, 3.05) is 44.3 Å². The number of nitrogens with two attached hydrogens (primary N) is 1. The van der Waals surface area contributed by atoms with Gasteiger partial charge in [0.1, 0.15) is 16.9 Å². The first-order valence-electron chi connectivity index (χ1n) is 13.0. The van der Waals surface area contributed by atoms with Gasteiger partial charge in [0.2, 0.25) is 5.95 Å². The van der Waals surface area contributed by atoms with E-state index >= 15 is 0 Å². The lowest BCUT2D eigenvalue weighted by atomic mass is 9.93. The number of nitrogens with zero attached hydrogens (tertiary/aromatic N) is 4. The molecule has 1 fully saturated rings. The van der Waals surface area contributed by atoms with Gasteiger partial charge in [-0.15, -0.1) is 0 Å². The Labute approximate surface area is 214 Å². The second kappa shape index (κ2) is 11.5. The minimum Gasteiger partial charge on any atom is -0.496 e. The summed E-state index contributed by atoms with van der Waals surface area (Å²) >= 11 is 0. The molecule has 0 atom stereocenters. The molecule has 1 saturated heterocycles. The molecule has 9 nitrogen and oxygen atoms in total. The molecule has 1 aromatic carbocycles. The molecule has 1 aliphatic heterocycles.